The van der Waals surface area contributed by atoms with Gasteiger partial charge in [0.1, 0.15) is 17.2 Å². The summed E-state index contributed by atoms with van der Waals surface area (Å²) in [6, 6.07) is 9.62. The summed E-state index contributed by atoms with van der Waals surface area (Å²) in [7, 11) is 1.58. The van der Waals surface area contributed by atoms with Gasteiger partial charge in [-0.1, -0.05) is 12.1 Å². The van der Waals surface area contributed by atoms with E-state index in [0.717, 1.165) is 30.8 Å². The number of carbonyl (C=O) groups is 2. The molecule has 2 aliphatic heterocycles. The highest BCUT2D eigenvalue weighted by atomic mass is 19.1. The highest BCUT2D eigenvalue weighted by Crippen LogP contribution is 2.39. The molecule has 8 nitrogen and oxygen atoms in total. The van der Waals surface area contributed by atoms with E-state index in [2.05, 4.69) is 15.2 Å². The lowest BCUT2D eigenvalue weighted by Gasteiger charge is -2.46. The molecule has 2 saturated heterocycles. The lowest BCUT2D eigenvalue weighted by atomic mass is 9.84. The van der Waals surface area contributed by atoms with Crippen molar-refractivity contribution in [3.8, 4) is 0 Å². The third-order valence-corrected chi connectivity index (χ3v) is 6.78. The number of carbonyl (C=O) groups excluding carboxylic acids is 2. The molecule has 2 fully saturated rings. The van der Waals surface area contributed by atoms with Crippen LogP contribution in [0.5, 0.6) is 0 Å². The van der Waals surface area contributed by atoms with Gasteiger partial charge in [0.15, 0.2) is 0 Å². The predicted octanol–water partition coefficient (Wildman–Crippen LogP) is 3.06. The minimum absolute atomic E-state index is 0.00645. The third-order valence-electron chi connectivity index (χ3n) is 6.78. The first-order chi connectivity index (χ1) is 16.5. The number of amides is 2. The van der Waals surface area contributed by atoms with Crippen molar-refractivity contribution < 1.29 is 23.8 Å². The molecule has 4 rings (SSSR count). The average Bonchev–Trinajstić information content (AvgIpc) is 2.87. The number of aromatic nitrogens is 1. The Morgan fingerprint density at radius 3 is 2.71 bits per heavy atom. The molecule has 0 bridgehead atoms. The zero-order valence-electron chi connectivity index (χ0n) is 19.4. The van der Waals surface area contributed by atoms with Crippen molar-refractivity contribution in [1.82, 2.24) is 15.2 Å². The summed E-state index contributed by atoms with van der Waals surface area (Å²) in [5, 5.41) is 12.0. The molecule has 3 heterocycles. The Morgan fingerprint density at radius 1 is 1.26 bits per heavy atom. The summed E-state index contributed by atoms with van der Waals surface area (Å²) in [4.78, 5) is 33.3. The van der Waals surface area contributed by atoms with E-state index in [1.165, 1.54) is 12.1 Å². The van der Waals surface area contributed by atoms with Crippen molar-refractivity contribution in [3.63, 3.8) is 0 Å². The Labute approximate surface area is 198 Å². The molecule has 9 heteroatoms. The van der Waals surface area contributed by atoms with Crippen molar-refractivity contribution in [2.24, 2.45) is 0 Å². The van der Waals surface area contributed by atoms with Gasteiger partial charge in [0.2, 0.25) is 0 Å². The second kappa shape index (κ2) is 10.4. The standard InChI is InChI=1S/C25H31FN4O4/c1-27-23(32)18-5-10-22(28-16-18)29-13-2-4-21(17-29)30-14-12-25(11-3-15-31,34-24(30)33)19-6-8-20(26)9-7-19/h5-10,16,21,31H,2-4,11-15,17H2,1H3,(H,27,32)/t21-,25+/m0/s1. The molecule has 2 atom stereocenters. The Hall–Kier alpha value is -3.20. The first-order valence-corrected chi connectivity index (χ1v) is 11.8. The molecule has 2 aliphatic rings. The lowest BCUT2D eigenvalue weighted by molar-refractivity contribution is -0.0697. The van der Waals surface area contributed by atoms with Crippen LogP contribution in [0.3, 0.4) is 0 Å². The Bertz CT molecular complexity index is 1000. The normalized spacial score (nSPS) is 22.9. The van der Waals surface area contributed by atoms with Crippen molar-refractivity contribution >= 4 is 17.8 Å². The molecule has 34 heavy (non-hydrogen) atoms. The minimum atomic E-state index is -0.865. The number of halogens is 1. The fourth-order valence-electron chi connectivity index (χ4n) is 4.91. The second-order valence-electron chi connectivity index (χ2n) is 8.87. The molecule has 0 unspecified atom stereocenters. The molecular formula is C25H31FN4O4. The maximum atomic E-state index is 13.5. The van der Waals surface area contributed by atoms with Gasteiger partial charge >= 0.3 is 6.09 Å². The number of hydrogen-bond donors (Lipinski definition) is 2. The van der Waals surface area contributed by atoms with E-state index in [1.54, 1.807) is 36.3 Å². The molecule has 0 spiro atoms. The van der Waals surface area contributed by atoms with Crippen LogP contribution >= 0.6 is 0 Å². The number of ether oxygens (including phenoxy) is 1. The van der Waals surface area contributed by atoms with E-state index in [-0.39, 0.29) is 30.5 Å². The summed E-state index contributed by atoms with van der Waals surface area (Å²) >= 11 is 0. The first kappa shape index (κ1) is 23.9. The van der Waals surface area contributed by atoms with Gasteiger partial charge in [-0.15, -0.1) is 0 Å². The van der Waals surface area contributed by atoms with E-state index in [1.807, 2.05) is 6.07 Å². The fraction of sp³-hybridized carbons (Fsp3) is 0.480. The van der Waals surface area contributed by atoms with Crippen LogP contribution in [0.1, 0.15) is 48.0 Å². The third kappa shape index (κ3) is 4.99. The molecule has 0 saturated carbocycles. The average molecular weight is 471 g/mol. The number of anilines is 1. The highest BCUT2D eigenvalue weighted by Gasteiger charge is 2.44. The Morgan fingerprint density at radius 2 is 2.06 bits per heavy atom. The van der Waals surface area contributed by atoms with Gasteiger partial charge in [-0.05, 0) is 55.5 Å². The molecule has 1 aromatic heterocycles. The monoisotopic (exact) mass is 470 g/mol. The quantitative estimate of drug-likeness (QED) is 0.646. The molecule has 182 valence electrons. The van der Waals surface area contributed by atoms with Gasteiger partial charge in [0, 0.05) is 45.9 Å². The Balaban J connectivity index is 1.46. The zero-order chi connectivity index (χ0) is 24.1. The molecule has 2 amide bonds. The van der Waals surface area contributed by atoms with E-state index in [0.29, 0.717) is 37.9 Å². The number of pyridine rings is 1. The predicted molar refractivity (Wildman–Crippen MR) is 125 cm³/mol. The lowest BCUT2D eigenvalue weighted by Crippen LogP contribution is -2.56. The number of piperidine rings is 1. The van der Waals surface area contributed by atoms with Crippen LogP contribution in [0.15, 0.2) is 42.6 Å². The molecule has 2 aromatic rings. The van der Waals surface area contributed by atoms with Gasteiger partial charge in [-0.2, -0.15) is 0 Å². The van der Waals surface area contributed by atoms with E-state index in [9.17, 15) is 19.1 Å². The summed E-state index contributed by atoms with van der Waals surface area (Å²) in [6.45, 7) is 1.96. The maximum absolute atomic E-state index is 13.5. The number of cyclic esters (lactones) is 1. The first-order valence-electron chi connectivity index (χ1n) is 11.8. The topological polar surface area (TPSA) is 95.0 Å². The second-order valence-corrected chi connectivity index (χ2v) is 8.87. The van der Waals surface area contributed by atoms with E-state index >= 15 is 0 Å². The maximum Gasteiger partial charge on any atom is 0.410 e. The van der Waals surface area contributed by atoms with Gasteiger partial charge in [0.25, 0.3) is 5.91 Å². The van der Waals surface area contributed by atoms with E-state index in [4.69, 9.17) is 4.74 Å². The van der Waals surface area contributed by atoms with Gasteiger partial charge in [0.05, 0.1) is 11.6 Å². The van der Waals surface area contributed by atoms with Crippen LogP contribution in [0.2, 0.25) is 0 Å². The number of nitrogens with one attached hydrogen (secondary N) is 1. The highest BCUT2D eigenvalue weighted by molar-refractivity contribution is 5.93. The fourth-order valence-corrected chi connectivity index (χ4v) is 4.91. The summed E-state index contributed by atoms with van der Waals surface area (Å²) in [5.41, 5.74) is 0.385. The molecular weight excluding hydrogens is 439 g/mol. The van der Waals surface area contributed by atoms with Crippen molar-refractivity contribution in [2.45, 2.75) is 43.7 Å². The number of aliphatic hydroxyl groups excluding tert-OH is 1. The molecule has 0 radical (unpaired) electrons. The van der Waals surface area contributed by atoms with E-state index < -0.39 is 5.60 Å². The molecule has 0 aliphatic carbocycles. The zero-order valence-corrected chi connectivity index (χ0v) is 19.4. The smallest absolute Gasteiger partial charge is 0.410 e. The van der Waals surface area contributed by atoms with Crippen molar-refractivity contribution in [1.29, 1.82) is 0 Å². The van der Waals surface area contributed by atoms with Gasteiger partial charge < -0.3 is 25.0 Å². The molecule has 1 aromatic carbocycles. The van der Waals surface area contributed by atoms with Crippen molar-refractivity contribution in [2.75, 3.05) is 38.2 Å². The van der Waals surface area contributed by atoms with Crippen LogP contribution in [0.4, 0.5) is 15.0 Å². The minimum Gasteiger partial charge on any atom is -0.438 e. The van der Waals surface area contributed by atoms with Crippen LogP contribution in [0, 0.1) is 5.82 Å². The SMILES string of the molecule is CNC(=O)c1ccc(N2CCC[C@H](N3CC[C@](CCCO)(c4ccc(F)cc4)OC3=O)C2)nc1. The summed E-state index contributed by atoms with van der Waals surface area (Å²) in [5.74, 6) is 0.243. The number of hydrogen-bond acceptors (Lipinski definition) is 6. The largest absolute Gasteiger partial charge is 0.438 e. The van der Waals surface area contributed by atoms with Gasteiger partial charge in [-0.25, -0.2) is 14.2 Å². The van der Waals surface area contributed by atoms with Crippen LogP contribution in [-0.4, -0.2) is 66.3 Å². The molecule has 2 N–H and O–H groups in total. The number of nitrogens with zero attached hydrogens (tertiary/aromatic N) is 3. The van der Waals surface area contributed by atoms with Crippen LogP contribution < -0.4 is 10.2 Å². The van der Waals surface area contributed by atoms with Crippen LogP contribution in [-0.2, 0) is 10.3 Å². The van der Waals surface area contributed by atoms with Crippen LogP contribution in [0.25, 0.3) is 0 Å². The Kier molecular flexibility index (Phi) is 7.31. The van der Waals surface area contributed by atoms with Gasteiger partial charge in [-0.3, -0.25) is 4.79 Å². The van der Waals surface area contributed by atoms with Crippen molar-refractivity contribution in [3.05, 3.63) is 59.5 Å². The summed E-state index contributed by atoms with van der Waals surface area (Å²) < 4.78 is 19.5. The number of rotatable bonds is 7. The summed E-state index contributed by atoms with van der Waals surface area (Å²) in [6.07, 6.45) is 4.48. The number of aliphatic hydroxyl groups is 1. The number of benzene rings is 1.